The number of aromatic nitrogens is 2. The molecule has 0 amide bonds. The second kappa shape index (κ2) is 6.62. The Morgan fingerprint density at radius 3 is 3.10 bits per heavy atom. The Morgan fingerprint density at radius 1 is 1.33 bits per heavy atom. The van der Waals surface area contributed by atoms with Gasteiger partial charge in [0.1, 0.15) is 0 Å². The number of nitrogens with zero attached hydrogens (tertiary/aromatic N) is 2. The van der Waals surface area contributed by atoms with E-state index in [0.717, 1.165) is 42.4 Å². The lowest BCUT2D eigenvalue weighted by molar-refractivity contribution is 0.425. The highest BCUT2D eigenvalue weighted by Crippen LogP contribution is 2.24. The topological polar surface area (TPSA) is 51.0 Å². The van der Waals surface area contributed by atoms with Gasteiger partial charge >= 0.3 is 0 Å². The summed E-state index contributed by atoms with van der Waals surface area (Å²) in [7, 11) is 0. The zero-order valence-corrected chi connectivity index (χ0v) is 13.4. The van der Waals surface area contributed by atoms with E-state index >= 15 is 0 Å². The maximum absolute atomic E-state index is 5.40. The highest BCUT2D eigenvalue weighted by molar-refractivity contribution is 7.98. The molecule has 0 saturated carbocycles. The van der Waals surface area contributed by atoms with Gasteiger partial charge in [0.2, 0.25) is 0 Å². The number of hydrogen-bond acceptors (Lipinski definition) is 5. The Labute approximate surface area is 129 Å². The van der Waals surface area contributed by atoms with Crippen LogP contribution in [0.3, 0.4) is 0 Å². The molecule has 5 heteroatoms. The first-order chi connectivity index (χ1) is 10.2. The fourth-order valence-electron chi connectivity index (χ4n) is 2.43. The Kier molecular flexibility index (Phi) is 4.60. The molecular weight excluding hydrogens is 282 g/mol. The highest BCUT2D eigenvalue weighted by atomic mass is 32.2. The third-order valence-electron chi connectivity index (χ3n) is 3.49. The molecule has 1 aromatic heterocycles. The van der Waals surface area contributed by atoms with Crippen LogP contribution in [-0.2, 0) is 18.7 Å². The summed E-state index contributed by atoms with van der Waals surface area (Å²) in [6.45, 7) is 6.42. The van der Waals surface area contributed by atoms with Crippen molar-refractivity contribution in [1.29, 1.82) is 0 Å². The van der Waals surface area contributed by atoms with Crippen LogP contribution in [0.1, 0.15) is 30.8 Å². The number of hydrogen-bond donors (Lipinski definition) is 1. The van der Waals surface area contributed by atoms with E-state index in [1.165, 1.54) is 11.1 Å². The van der Waals surface area contributed by atoms with Crippen molar-refractivity contribution in [2.24, 2.45) is 5.92 Å². The average Bonchev–Trinajstić information content (AvgIpc) is 2.95. The molecule has 112 valence electrons. The van der Waals surface area contributed by atoms with Crippen molar-refractivity contribution in [3.05, 3.63) is 35.2 Å². The summed E-state index contributed by atoms with van der Waals surface area (Å²) in [5, 5.41) is 7.47. The zero-order chi connectivity index (χ0) is 14.7. The molecule has 3 rings (SSSR count). The molecule has 0 fully saturated rings. The summed E-state index contributed by atoms with van der Waals surface area (Å²) in [5.74, 6) is 4.03. The van der Waals surface area contributed by atoms with Crippen LogP contribution in [-0.4, -0.2) is 22.4 Å². The molecule has 1 aliphatic rings. The van der Waals surface area contributed by atoms with E-state index in [4.69, 9.17) is 4.52 Å². The van der Waals surface area contributed by atoms with E-state index in [2.05, 4.69) is 47.5 Å². The lowest BCUT2D eigenvalue weighted by Crippen LogP contribution is -2.23. The number of benzene rings is 1. The second-order valence-electron chi connectivity index (χ2n) is 5.83. The van der Waals surface area contributed by atoms with Crippen molar-refractivity contribution in [2.45, 2.75) is 32.6 Å². The lowest BCUT2D eigenvalue weighted by Gasteiger charge is -2.16. The molecule has 4 nitrogen and oxygen atoms in total. The first-order valence-electron chi connectivity index (χ1n) is 7.45. The first-order valence-corrected chi connectivity index (χ1v) is 8.61. The third-order valence-corrected chi connectivity index (χ3v) is 4.85. The zero-order valence-electron chi connectivity index (χ0n) is 12.6. The standard InChI is InChI=1S/C16H21N3OS/c1-11(2)9-21-10-15-18-16(20-19-15)13-4-3-12-5-6-17-8-14(12)7-13/h3-4,7,11,17H,5-6,8-10H2,1-2H3. The summed E-state index contributed by atoms with van der Waals surface area (Å²) in [5.41, 5.74) is 3.78. The van der Waals surface area contributed by atoms with Crippen molar-refractivity contribution < 1.29 is 4.52 Å². The van der Waals surface area contributed by atoms with Gasteiger partial charge in [-0.3, -0.25) is 0 Å². The average molecular weight is 303 g/mol. The van der Waals surface area contributed by atoms with Gasteiger partial charge in [-0.2, -0.15) is 16.7 Å². The van der Waals surface area contributed by atoms with Crippen LogP contribution >= 0.6 is 11.8 Å². The van der Waals surface area contributed by atoms with Gasteiger partial charge in [0.05, 0.1) is 5.75 Å². The van der Waals surface area contributed by atoms with Crippen molar-refractivity contribution in [3.63, 3.8) is 0 Å². The molecule has 0 radical (unpaired) electrons. The smallest absolute Gasteiger partial charge is 0.257 e. The molecule has 0 atom stereocenters. The minimum atomic E-state index is 0.628. The van der Waals surface area contributed by atoms with E-state index in [9.17, 15) is 0 Å². The van der Waals surface area contributed by atoms with Gasteiger partial charge in [0, 0.05) is 12.1 Å². The Bertz CT molecular complexity index is 609. The van der Waals surface area contributed by atoms with E-state index < -0.39 is 0 Å². The first kappa shape index (κ1) is 14.6. The van der Waals surface area contributed by atoms with Gasteiger partial charge in [0.25, 0.3) is 5.89 Å². The lowest BCUT2D eigenvalue weighted by atomic mass is 9.98. The Morgan fingerprint density at radius 2 is 2.24 bits per heavy atom. The van der Waals surface area contributed by atoms with Gasteiger partial charge in [0.15, 0.2) is 5.82 Å². The predicted octanol–water partition coefficient (Wildman–Crippen LogP) is 3.27. The van der Waals surface area contributed by atoms with Gasteiger partial charge in [-0.1, -0.05) is 25.1 Å². The molecule has 21 heavy (non-hydrogen) atoms. The number of rotatable bonds is 5. The Hall–Kier alpha value is -1.33. The summed E-state index contributed by atoms with van der Waals surface area (Å²) < 4.78 is 5.40. The van der Waals surface area contributed by atoms with Gasteiger partial charge in [-0.05, 0) is 47.9 Å². The monoisotopic (exact) mass is 303 g/mol. The number of nitrogens with one attached hydrogen (secondary N) is 1. The molecular formula is C16H21N3OS. The molecule has 1 N–H and O–H groups in total. The number of fused-ring (bicyclic) bond motifs is 1. The molecule has 0 aliphatic carbocycles. The van der Waals surface area contributed by atoms with Crippen LogP contribution in [0.15, 0.2) is 22.7 Å². The van der Waals surface area contributed by atoms with Gasteiger partial charge in [-0.25, -0.2) is 0 Å². The minimum absolute atomic E-state index is 0.628. The molecule has 2 aromatic rings. The predicted molar refractivity (Wildman–Crippen MR) is 86.1 cm³/mol. The summed E-state index contributed by atoms with van der Waals surface area (Å²) >= 11 is 1.85. The van der Waals surface area contributed by atoms with E-state index in [-0.39, 0.29) is 0 Å². The maximum Gasteiger partial charge on any atom is 0.257 e. The number of thioether (sulfide) groups is 1. The second-order valence-corrected chi connectivity index (χ2v) is 6.87. The molecule has 0 bridgehead atoms. The van der Waals surface area contributed by atoms with Crippen molar-refractivity contribution in [2.75, 3.05) is 12.3 Å². The minimum Gasteiger partial charge on any atom is -0.334 e. The van der Waals surface area contributed by atoms with Gasteiger partial charge in [-0.15, -0.1) is 0 Å². The molecule has 0 unspecified atom stereocenters. The third kappa shape index (κ3) is 3.66. The van der Waals surface area contributed by atoms with E-state index in [1.54, 1.807) is 0 Å². The van der Waals surface area contributed by atoms with Crippen LogP contribution in [0.4, 0.5) is 0 Å². The highest BCUT2D eigenvalue weighted by Gasteiger charge is 2.13. The molecule has 2 heterocycles. The van der Waals surface area contributed by atoms with Gasteiger partial charge < -0.3 is 9.84 Å². The summed E-state index contributed by atoms with van der Waals surface area (Å²) in [4.78, 5) is 4.51. The fourth-order valence-corrected chi connectivity index (χ4v) is 3.32. The van der Waals surface area contributed by atoms with Crippen LogP contribution in [0, 0.1) is 5.92 Å². The van der Waals surface area contributed by atoms with Crippen molar-refractivity contribution >= 4 is 11.8 Å². The largest absolute Gasteiger partial charge is 0.334 e. The van der Waals surface area contributed by atoms with E-state index in [1.807, 2.05) is 11.8 Å². The molecule has 1 aliphatic heterocycles. The summed E-state index contributed by atoms with van der Waals surface area (Å²) in [6, 6.07) is 6.44. The normalized spacial score (nSPS) is 14.4. The van der Waals surface area contributed by atoms with Crippen LogP contribution < -0.4 is 5.32 Å². The van der Waals surface area contributed by atoms with Crippen LogP contribution in [0.5, 0.6) is 0 Å². The molecule has 0 spiro atoms. The maximum atomic E-state index is 5.40. The van der Waals surface area contributed by atoms with Crippen molar-refractivity contribution in [1.82, 2.24) is 15.5 Å². The fraction of sp³-hybridized carbons (Fsp3) is 0.500. The van der Waals surface area contributed by atoms with E-state index in [0.29, 0.717) is 11.8 Å². The Balaban J connectivity index is 1.71. The van der Waals surface area contributed by atoms with Crippen LogP contribution in [0.25, 0.3) is 11.5 Å². The van der Waals surface area contributed by atoms with Crippen molar-refractivity contribution in [3.8, 4) is 11.5 Å². The summed E-state index contributed by atoms with van der Waals surface area (Å²) in [6.07, 6.45) is 1.09. The SMILES string of the molecule is CC(C)CSCc1noc(-c2ccc3c(c2)CNCC3)n1. The quantitative estimate of drug-likeness (QED) is 0.918. The van der Waals surface area contributed by atoms with Crippen LogP contribution in [0.2, 0.25) is 0 Å². The molecule has 1 aromatic carbocycles. The molecule has 0 saturated heterocycles.